The molecule has 0 spiro atoms. The van der Waals surface area contributed by atoms with Crippen molar-refractivity contribution in [3.8, 4) is 0 Å². The van der Waals surface area contributed by atoms with Gasteiger partial charge in [-0.1, -0.05) is 37.5 Å². The maximum absolute atomic E-state index is 13.0. The maximum Gasteiger partial charge on any atom is 0.295 e. The van der Waals surface area contributed by atoms with Crippen LogP contribution in [-0.2, 0) is 9.59 Å². The fourth-order valence-corrected chi connectivity index (χ4v) is 5.19. The second-order valence-corrected chi connectivity index (χ2v) is 8.79. The van der Waals surface area contributed by atoms with Crippen LogP contribution in [0.5, 0.6) is 0 Å². The minimum absolute atomic E-state index is 0.0577. The van der Waals surface area contributed by atoms with Gasteiger partial charge in [0.15, 0.2) is 0 Å². The third-order valence-electron chi connectivity index (χ3n) is 6.04. The van der Waals surface area contributed by atoms with Crippen LogP contribution in [0.2, 0.25) is 0 Å². The van der Waals surface area contributed by atoms with Crippen LogP contribution in [0, 0.1) is 13.8 Å². The van der Waals surface area contributed by atoms with Gasteiger partial charge in [0.25, 0.3) is 11.7 Å². The molecular weight excluding hydrogens is 370 g/mol. The van der Waals surface area contributed by atoms with E-state index in [-0.39, 0.29) is 17.4 Å². The van der Waals surface area contributed by atoms with E-state index in [0.29, 0.717) is 5.56 Å². The molecule has 2 aromatic rings. The summed E-state index contributed by atoms with van der Waals surface area (Å²) in [4.78, 5) is 28.7. The Morgan fingerprint density at radius 2 is 1.82 bits per heavy atom. The van der Waals surface area contributed by atoms with Gasteiger partial charge in [0.2, 0.25) is 0 Å². The Balaban J connectivity index is 1.85. The second-order valence-electron chi connectivity index (χ2n) is 7.81. The van der Waals surface area contributed by atoms with E-state index >= 15 is 0 Å². The highest BCUT2D eigenvalue weighted by atomic mass is 32.1. The molecule has 28 heavy (non-hydrogen) atoms. The third-order valence-corrected chi connectivity index (χ3v) is 6.97. The van der Waals surface area contributed by atoms with E-state index < -0.39 is 17.7 Å². The van der Waals surface area contributed by atoms with Crippen molar-refractivity contribution in [2.24, 2.45) is 0 Å². The number of rotatable bonds is 3. The van der Waals surface area contributed by atoms with Crippen molar-refractivity contribution in [2.45, 2.75) is 58.0 Å². The highest BCUT2D eigenvalue weighted by Gasteiger charge is 2.49. The quantitative estimate of drug-likeness (QED) is 0.446. The number of nitrogens with zero attached hydrogens (tertiary/aromatic N) is 1. The minimum atomic E-state index is -0.570. The number of carbonyl (C=O) groups excluding carboxylic acids is 2. The minimum Gasteiger partial charge on any atom is -0.507 e. The molecule has 5 heteroatoms. The van der Waals surface area contributed by atoms with Crippen LogP contribution in [0.3, 0.4) is 0 Å². The first-order valence-corrected chi connectivity index (χ1v) is 10.8. The Kier molecular flexibility index (Phi) is 5.11. The van der Waals surface area contributed by atoms with Gasteiger partial charge in [-0.25, -0.2) is 0 Å². The van der Waals surface area contributed by atoms with Gasteiger partial charge in [-0.05, 0) is 55.3 Å². The second kappa shape index (κ2) is 7.55. The number of Topliss-reactive ketones (excluding diaryl/α,β-unsaturated/α-hetero) is 1. The van der Waals surface area contributed by atoms with E-state index in [1.165, 1.54) is 17.8 Å². The molecule has 0 bridgehead atoms. The first kappa shape index (κ1) is 18.9. The summed E-state index contributed by atoms with van der Waals surface area (Å²) in [6.07, 6.45) is 5.15. The van der Waals surface area contributed by atoms with E-state index in [4.69, 9.17) is 0 Å². The van der Waals surface area contributed by atoms with Crippen molar-refractivity contribution in [2.75, 3.05) is 0 Å². The summed E-state index contributed by atoms with van der Waals surface area (Å²) in [6.45, 7) is 3.98. The van der Waals surface area contributed by atoms with Gasteiger partial charge in [0.1, 0.15) is 5.76 Å². The molecule has 1 aromatic carbocycles. The number of hydrogen-bond acceptors (Lipinski definition) is 4. The highest BCUT2D eigenvalue weighted by molar-refractivity contribution is 7.10. The number of aliphatic hydroxyl groups is 1. The lowest BCUT2D eigenvalue weighted by Crippen LogP contribution is -2.40. The van der Waals surface area contributed by atoms with Crippen molar-refractivity contribution in [3.05, 3.63) is 62.9 Å². The molecule has 4 rings (SSSR count). The summed E-state index contributed by atoms with van der Waals surface area (Å²) in [5.74, 6) is -1.12. The molecule has 1 aliphatic carbocycles. The van der Waals surface area contributed by atoms with Gasteiger partial charge in [0.05, 0.1) is 11.6 Å². The molecule has 2 heterocycles. The Bertz CT molecular complexity index is 939. The third kappa shape index (κ3) is 3.18. The van der Waals surface area contributed by atoms with Crippen LogP contribution < -0.4 is 0 Å². The van der Waals surface area contributed by atoms with Crippen molar-refractivity contribution >= 4 is 28.8 Å². The van der Waals surface area contributed by atoms with Gasteiger partial charge in [-0.15, -0.1) is 11.3 Å². The summed E-state index contributed by atoms with van der Waals surface area (Å²) in [5.41, 5.74) is 2.97. The Hall–Kier alpha value is -2.40. The van der Waals surface area contributed by atoms with E-state index in [9.17, 15) is 14.7 Å². The van der Waals surface area contributed by atoms with E-state index in [1.807, 2.05) is 49.6 Å². The molecular formula is C23H25NO3S. The molecule has 1 saturated carbocycles. The van der Waals surface area contributed by atoms with Crippen molar-refractivity contribution in [3.63, 3.8) is 0 Å². The van der Waals surface area contributed by atoms with Crippen molar-refractivity contribution in [1.82, 2.24) is 4.90 Å². The summed E-state index contributed by atoms with van der Waals surface area (Å²) in [5, 5.41) is 13.0. The Morgan fingerprint density at radius 1 is 1.07 bits per heavy atom. The molecule has 4 nitrogen and oxygen atoms in total. The summed E-state index contributed by atoms with van der Waals surface area (Å²) < 4.78 is 0. The average Bonchev–Trinajstić information content (AvgIpc) is 3.31. The van der Waals surface area contributed by atoms with Gasteiger partial charge in [-0.3, -0.25) is 9.59 Å². The van der Waals surface area contributed by atoms with Gasteiger partial charge in [0, 0.05) is 16.5 Å². The van der Waals surface area contributed by atoms with Crippen LogP contribution in [0.25, 0.3) is 5.76 Å². The number of aliphatic hydroxyl groups excluding tert-OH is 1. The Morgan fingerprint density at radius 3 is 2.46 bits per heavy atom. The van der Waals surface area contributed by atoms with Gasteiger partial charge in [-0.2, -0.15) is 0 Å². The molecule has 1 N–H and O–H groups in total. The summed E-state index contributed by atoms with van der Waals surface area (Å²) in [6, 6.07) is 9.07. The number of aryl methyl sites for hydroxylation is 2. The van der Waals surface area contributed by atoms with E-state index in [0.717, 1.165) is 41.7 Å². The molecule has 1 unspecified atom stereocenters. The number of amides is 1. The molecule has 2 fully saturated rings. The molecule has 2 aliphatic rings. The van der Waals surface area contributed by atoms with Crippen LogP contribution in [0.4, 0.5) is 0 Å². The highest BCUT2D eigenvalue weighted by Crippen LogP contribution is 2.44. The lowest BCUT2D eigenvalue weighted by Gasteiger charge is -2.34. The standard InChI is InChI=1S/C23H25NO3S/c1-14-10-11-16(13-15(14)2)21(25)19-20(18-9-6-12-28-18)24(23(27)22(19)26)17-7-4-3-5-8-17/h6,9-13,17,20,25H,3-5,7-8H2,1-2H3/b21-19-. The van der Waals surface area contributed by atoms with E-state index in [1.54, 1.807) is 4.90 Å². The van der Waals surface area contributed by atoms with Crippen molar-refractivity contribution in [1.29, 1.82) is 0 Å². The number of carbonyl (C=O) groups is 2. The zero-order valence-electron chi connectivity index (χ0n) is 16.3. The molecule has 146 valence electrons. The first-order chi connectivity index (χ1) is 13.5. The van der Waals surface area contributed by atoms with Crippen molar-refractivity contribution < 1.29 is 14.7 Å². The Labute approximate surface area is 169 Å². The topological polar surface area (TPSA) is 57.6 Å². The molecule has 1 atom stereocenters. The number of benzene rings is 1. The number of hydrogen-bond donors (Lipinski definition) is 1. The number of ketones is 1. The zero-order valence-corrected chi connectivity index (χ0v) is 17.1. The van der Waals surface area contributed by atoms with Crippen LogP contribution in [0.15, 0.2) is 41.3 Å². The zero-order chi connectivity index (χ0) is 19.8. The average molecular weight is 396 g/mol. The first-order valence-electron chi connectivity index (χ1n) is 9.90. The normalized spacial score (nSPS) is 22.8. The molecule has 1 saturated heterocycles. The van der Waals surface area contributed by atoms with Crippen LogP contribution >= 0.6 is 11.3 Å². The fraction of sp³-hybridized carbons (Fsp3) is 0.391. The van der Waals surface area contributed by atoms with Crippen LogP contribution in [0.1, 0.15) is 59.7 Å². The maximum atomic E-state index is 13.0. The summed E-state index contributed by atoms with van der Waals surface area (Å²) >= 11 is 1.52. The largest absolute Gasteiger partial charge is 0.507 e. The monoisotopic (exact) mass is 395 g/mol. The van der Waals surface area contributed by atoms with Gasteiger partial charge >= 0.3 is 0 Å². The lowest BCUT2D eigenvalue weighted by molar-refractivity contribution is -0.141. The lowest BCUT2D eigenvalue weighted by atomic mass is 9.92. The SMILES string of the molecule is Cc1ccc(/C(O)=C2/C(=O)C(=O)N(C3CCCCC3)C2c2cccs2)cc1C. The van der Waals surface area contributed by atoms with Crippen LogP contribution in [-0.4, -0.2) is 27.7 Å². The molecule has 0 radical (unpaired) electrons. The molecule has 1 aromatic heterocycles. The predicted molar refractivity (Wildman–Crippen MR) is 111 cm³/mol. The molecule has 1 aliphatic heterocycles. The fourth-order valence-electron chi connectivity index (χ4n) is 4.36. The smallest absolute Gasteiger partial charge is 0.295 e. The number of thiophene rings is 1. The summed E-state index contributed by atoms with van der Waals surface area (Å²) in [7, 11) is 0. The van der Waals surface area contributed by atoms with E-state index in [2.05, 4.69) is 0 Å². The predicted octanol–water partition coefficient (Wildman–Crippen LogP) is 5.12. The molecule has 1 amide bonds. The number of likely N-dealkylation sites (tertiary alicyclic amines) is 1. The van der Waals surface area contributed by atoms with Gasteiger partial charge < -0.3 is 10.0 Å².